The first kappa shape index (κ1) is 13.6. The van der Waals surface area contributed by atoms with E-state index >= 15 is 0 Å². The third-order valence-corrected chi connectivity index (χ3v) is 2.77. The fourth-order valence-corrected chi connectivity index (χ4v) is 2.04. The van der Waals surface area contributed by atoms with Gasteiger partial charge in [0.15, 0.2) is 0 Å². The summed E-state index contributed by atoms with van der Waals surface area (Å²) in [4.78, 5) is 22.1. The maximum Gasteiger partial charge on any atom is 0.228 e. The smallest absolute Gasteiger partial charge is 0.228 e. The molecule has 0 aliphatic carbocycles. The van der Waals surface area contributed by atoms with Crippen LogP contribution in [0.2, 0.25) is 0 Å². The highest BCUT2D eigenvalue weighted by molar-refractivity contribution is 5.95. The molecule has 0 unspecified atom stereocenters. The summed E-state index contributed by atoms with van der Waals surface area (Å²) in [6.45, 7) is 10.5. The minimum absolute atomic E-state index is 0.169. The molecule has 2 heterocycles. The van der Waals surface area contributed by atoms with Crippen molar-refractivity contribution in [3.05, 3.63) is 17.1 Å². The molecule has 1 aliphatic rings. The third-order valence-electron chi connectivity index (χ3n) is 2.77. The summed E-state index contributed by atoms with van der Waals surface area (Å²) in [5, 5.41) is 0. The number of nitrogens with zero attached hydrogens (tertiary/aromatic N) is 3. The first-order chi connectivity index (χ1) is 8.13. The Morgan fingerprint density at radius 2 is 1.82 bits per heavy atom. The van der Waals surface area contributed by atoms with Gasteiger partial charge in [0, 0.05) is 24.2 Å². The molecule has 0 fully saturated rings. The van der Waals surface area contributed by atoms with Crippen LogP contribution in [-0.4, -0.2) is 22.4 Å². The van der Waals surface area contributed by atoms with Crippen LogP contribution in [0.1, 0.15) is 44.3 Å². The lowest BCUT2D eigenvalue weighted by atomic mass is 10.0. The molecule has 0 aromatic carbocycles. The van der Waals surface area contributed by atoms with Crippen LogP contribution in [0, 0.1) is 13.8 Å². The molecule has 4 nitrogen and oxygen atoms in total. The molecule has 1 amide bonds. The van der Waals surface area contributed by atoms with E-state index in [1.54, 1.807) is 4.90 Å². The van der Waals surface area contributed by atoms with Crippen molar-refractivity contribution in [1.29, 1.82) is 0 Å². The molecule has 94 valence electrons. The van der Waals surface area contributed by atoms with Crippen molar-refractivity contribution in [3.8, 4) is 0 Å². The number of hydrogen-bond acceptors (Lipinski definition) is 3. The van der Waals surface area contributed by atoms with E-state index in [9.17, 15) is 4.79 Å². The largest absolute Gasteiger partial charge is 0.297 e. The fraction of sp³-hybridized carbons (Fsp3) is 0.615. The van der Waals surface area contributed by atoms with Crippen LogP contribution in [0.4, 0.5) is 5.82 Å². The first-order valence-electron chi connectivity index (χ1n) is 6.28. The van der Waals surface area contributed by atoms with Crippen LogP contribution >= 0.6 is 0 Å². The predicted molar refractivity (Wildman–Crippen MR) is 69.2 cm³/mol. The zero-order valence-corrected chi connectivity index (χ0v) is 11.4. The van der Waals surface area contributed by atoms with Gasteiger partial charge >= 0.3 is 0 Å². The van der Waals surface area contributed by atoms with Gasteiger partial charge in [0.25, 0.3) is 0 Å². The Morgan fingerprint density at radius 1 is 1.18 bits per heavy atom. The normalized spacial score (nSPS) is 13.9. The van der Waals surface area contributed by atoms with Gasteiger partial charge in [0.05, 0.1) is 0 Å². The molecule has 1 aromatic heterocycles. The van der Waals surface area contributed by atoms with Gasteiger partial charge in [-0.25, -0.2) is 9.97 Å². The average molecular weight is 235 g/mol. The summed E-state index contributed by atoms with van der Waals surface area (Å²) in [7, 11) is 0. The van der Waals surface area contributed by atoms with Gasteiger partial charge in [-0.1, -0.05) is 13.8 Å². The Balaban J connectivity index is 0.000000686. The second kappa shape index (κ2) is 5.75. The number of carbonyl (C=O) groups excluding carboxylic acids is 1. The number of carbonyl (C=O) groups is 1. The van der Waals surface area contributed by atoms with Crippen molar-refractivity contribution in [2.45, 2.75) is 47.5 Å². The molecule has 0 N–H and O–H groups in total. The number of fused-ring (bicyclic) bond motifs is 1. The van der Waals surface area contributed by atoms with Crippen LogP contribution in [0.25, 0.3) is 0 Å². The topological polar surface area (TPSA) is 46.1 Å². The molecule has 4 heteroatoms. The van der Waals surface area contributed by atoms with Crippen molar-refractivity contribution >= 4 is 11.7 Å². The summed E-state index contributed by atoms with van der Waals surface area (Å²) < 4.78 is 0. The van der Waals surface area contributed by atoms with Gasteiger partial charge in [-0.15, -0.1) is 0 Å². The number of amides is 1. The zero-order valence-electron chi connectivity index (χ0n) is 11.4. The van der Waals surface area contributed by atoms with E-state index < -0.39 is 0 Å². The maximum atomic E-state index is 11.7. The van der Waals surface area contributed by atoms with Crippen molar-refractivity contribution in [2.75, 3.05) is 11.4 Å². The summed E-state index contributed by atoms with van der Waals surface area (Å²) in [6, 6.07) is 0. The van der Waals surface area contributed by atoms with E-state index in [1.165, 1.54) is 0 Å². The highest BCUT2D eigenvalue weighted by Crippen LogP contribution is 2.27. The van der Waals surface area contributed by atoms with Crippen LogP contribution in [0.5, 0.6) is 0 Å². The second-order valence-electron chi connectivity index (χ2n) is 3.80. The SMILES string of the molecule is CC.CCN1C(=O)CCc2c(C)nc(C)nc21. The lowest BCUT2D eigenvalue weighted by Crippen LogP contribution is -2.36. The summed E-state index contributed by atoms with van der Waals surface area (Å²) in [5.74, 6) is 1.72. The molecule has 1 aromatic rings. The van der Waals surface area contributed by atoms with Gasteiger partial charge in [-0.2, -0.15) is 0 Å². The zero-order chi connectivity index (χ0) is 13.0. The Hall–Kier alpha value is -1.45. The lowest BCUT2D eigenvalue weighted by molar-refractivity contribution is -0.118. The second-order valence-corrected chi connectivity index (χ2v) is 3.80. The molecular weight excluding hydrogens is 214 g/mol. The molecule has 0 spiro atoms. The van der Waals surface area contributed by atoms with Crippen molar-refractivity contribution in [3.63, 3.8) is 0 Å². The van der Waals surface area contributed by atoms with E-state index in [2.05, 4.69) is 9.97 Å². The molecule has 0 saturated carbocycles. The van der Waals surface area contributed by atoms with E-state index in [4.69, 9.17) is 0 Å². The first-order valence-corrected chi connectivity index (χ1v) is 6.28. The minimum atomic E-state index is 0.169. The monoisotopic (exact) mass is 235 g/mol. The summed E-state index contributed by atoms with van der Waals surface area (Å²) in [6.07, 6.45) is 1.35. The Kier molecular flexibility index (Phi) is 4.61. The number of aromatic nitrogens is 2. The van der Waals surface area contributed by atoms with E-state index in [1.807, 2.05) is 34.6 Å². The fourth-order valence-electron chi connectivity index (χ4n) is 2.04. The number of aryl methyl sites for hydroxylation is 2. The maximum absolute atomic E-state index is 11.7. The van der Waals surface area contributed by atoms with E-state index in [0.717, 1.165) is 29.3 Å². The van der Waals surface area contributed by atoms with Crippen molar-refractivity contribution in [2.24, 2.45) is 0 Å². The highest BCUT2D eigenvalue weighted by Gasteiger charge is 2.26. The summed E-state index contributed by atoms with van der Waals surface area (Å²) in [5.41, 5.74) is 2.13. The molecule has 0 radical (unpaired) electrons. The van der Waals surface area contributed by atoms with Crippen molar-refractivity contribution < 1.29 is 4.79 Å². The van der Waals surface area contributed by atoms with Crippen LogP contribution in [0.3, 0.4) is 0 Å². The standard InChI is InChI=1S/C11H15N3O.C2H6/c1-4-14-10(15)6-5-9-7(2)12-8(3)13-11(9)14;1-2/h4-6H2,1-3H3;1-2H3. The number of anilines is 1. The molecule has 0 saturated heterocycles. The third kappa shape index (κ3) is 2.62. The van der Waals surface area contributed by atoms with Crippen LogP contribution < -0.4 is 4.90 Å². The molecule has 17 heavy (non-hydrogen) atoms. The highest BCUT2D eigenvalue weighted by atomic mass is 16.2. The number of hydrogen-bond donors (Lipinski definition) is 0. The average Bonchev–Trinajstić information content (AvgIpc) is 2.31. The van der Waals surface area contributed by atoms with E-state index in [-0.39, 0.29) is 5.91 Å². The van der Waals surface area contributed by atoms with Crippen LogP contribution in [0.15, 0.2) is 0 Å². The Labute approximate surface area is 103 Å². The van der Waals surface area contributed by atoms with Crippen molar-refractivity contribution in [1.82, 2.24) is 9.97 Å². The molecular formula is C13H21N3O. The van der Waals surface area contributed by atoms with Gasteiger partial charge in [-0.3, -0.25) is 9.69 Å². The summed E-state index contributed by atoms with van der Waals surface area (Å²) >= 11 is 0. The quantitative estimate of drug-likeness (QED) is 0.751. The molecule has 0 bridgehead atoms. The molecule has 2 rings (SSSR count). The molecule has 0 atom stereocenters. The van der Waals surface area contributed by atoms with Gasteiger partial charge < -0.3 is 0 Å². The minimum Gasteiger partial charge on any atom is -0.297 e. The van der Waals surface area contributed by atoms with E-state index in [0.29, 0.717) is 13.0 Å². The predicted octanol–water partition coefficient (Wildman–Crippen LogP) is 2.42. The molecule has 1 aliphatic heterocycles. The number of rotatable bonds is 1. The Morgan fingerprint density at radius 3 is 2.41 bits per heavy atom. The van der Waals surface area contributed by atoms with Gasteiger partial charge in [-0.05, 0) is 27.2 Å². The van der Waals surface area contributed by atoms with Gasteiger partial charge in [0.1, 0.15) is 11.6 Å². The van der Waals surface area contributed by atoms with Gasteiger partial charge in [0.2, 0.25) is 5.91 Å². The lowest BCUT2D eigenvalue weighted by Gasteiger charge is -2.27. The Bertz CT molecular complexity index is 415. The van der Waals surface area contributed by atoms with Crippen LogP contribution in [-0.2, 0) is 11.2 Å².